The van der Waals surface area contributed by atoms with Gasteiger partial charge in [0.25, 0.3) is 0 Å². The van der Waals surface area contributed by atoms with Crippen molar-refractivity contribution in [1.29, 1.82) is 0 Å². The number of hydrogen-bond donors (Lipinski definition) is 1. The Kier molecular flexibility index (Phi) is 2.71. The second kappa shape index (κ2) is 3.60. The zero-order valence-electron chi connectivity index (χ0n) is 8.00. The Balaban J connectivity index is 3.04. The van der Waals surface area contributed by atoms with Crippen LogP contribution in [0.1, 0.15) is 20.3 Å². The lowest BCUT2D eigenvalue weighted by molar-refractivity contribution is -0.116. The molecule has 0 amide bonds. The molecule has 0 aromatic carbocycles. The van der Waals surface area contributed by atoms with Crippen molar-refractivity contribution in [2.24, 2.45) is 5.92 Å². The smallest absolute Gasteiger partial charge is 0.159 e. The standard InChI is InChI=1S/C11H14O2/c1-7(2)10-5-11(13)8(3)4-9(10)6-12/h4,6,10,12H,1,5H2,2-3H3/b9-6+. The summed E-state index contributed by atoms with van der Waals surface area (Å²) in [6, 6.07) is 0. The Labute approximate surface area is 78.3 Å². The third-order valence-corrected chi connectivity index (χ3v) is 2.36. The van der Waals surface area contributed by atoms with E-state index in [-0.39, 0.29) is 11.7 Å². The van der Waals surface area contributed by atoms with Gasteiger partial charge in [-0.1, -0.05) is 12.2 Å². The third kappa shape index (κ3) is 1.89. The average molecular weight is 178 g/mol. The minimum atomic E-state index is -0.0128. The molecule has 13 heavy (non-hydrogen) atoms. The molecule has 70 valence electrons. The van der Waals surface area contributed by atoms with Gasteiger partial charge in [0.05, 0.1) is 6.26 Å². The molecule has 0 bridgehead atoms. The Hall–Kier alpha value is -1.31. The predicted molar refractivity (Wildman–Crippen MR) is 52.4 cm³/mol. The molecule has 0 aromatic heterocycles. The van der Waals surface area contributed by atoms with Gasteiger partial charge in [-0.25, -0.2) is 0 Å². The number of Topliss-reactive ketones (excluding diaryl/α,β-unsaturated/α-hetero) is 1. The van der Waals surface area contributed by atoms with Gasteiger partial charge in [0.2, 0.25) is 0 Å². The molecular formula is C11H14O2. The van der Waals surface area contributed by atoms with Gasteiger partial charge in [-0.2, -0.15) is 0 Å². The van der Waals surface area contributed by atoms with Gasteiger partial charge in [0, 0.05) is 12.3 Å². The molecule has 0 heterocycles. The topological polar surface area (TPSA) is 37.3 Å². The molecule has 0 saturated carbocycles. The minimum absolute atomic E-state index is 0.0128. The number of ketones is 1. The second-order valence-corrected chi connectivity index (χ2v) is 3.48. The number of carbonyl (C=O) groups excluding carboxylic acids is 1. The van der Waals surface area contributed by atoms with Gasteiger partial charge in [-0.3, -0.25) is 4.79 Å². The summed E-state index contributed by atoms with van der Waals surface area (Å²) in [7, 11) is 0. The van der Waals surface area contributed by atoms with E-state index in [1.54, 1.807) is 13.0 Å². The highest BCUT2D eigenvalue weighted by molar-refractivity contribution is 5.97. The summed E-state index contributed by atoms with van der Waals surface area (Å²) in [5, 5.41) is 8.96. The van der Waals surface area contributed by atoms with Crippen molar-refractivity contribution < 1.29 is 9.90 Å². The van der Waals surface area contributed by atoms with Gasteiger partial charge in [-0.15, -0.1) is 0 Å². The maximum Gasteiger partial charge on any atom is 0.159 e. The predicted octanol–water partition coefficient (Wildman–Crippen LogP) is 2.54. The average Bonchev–Trinajstić information content (AvgIpc) is 2.08. The molecule has 1 aliphatic rings. The summed E-state index contributed by atoms with van der Waals surface area (Å²) in [5.74, 6) is 0.125. The summed E-state index contributed by atoms with van der Waals surface area (Å²) in [6.07, 6.45) is 3.23. The van der Waals surface area contributed by atoms with Crippen LogP contribution in [0.4, 0.5) is 0 Å². The Morgan fingerprint density at radius 1 is 1.77 bits per heavy atom. The lowest BCUT2D eigenvalue weighted by Crippen LogP contribution is -2.17. The summed E-state index contributed by atoms with van der Waals surface area (Å²) in [5.41, 5.74) is 2.40. The second-order valence-electron chi connectivity index (χ2n) is 3.48. The largest absolute Gasteiger partial charge is 0.515 e. The van der Waals surface area contributed by atoms with Crippen LogP contribution in [-0.2, 0) is 4.79 Å². The molecule has 0 aliphatic heterocycles. The van der Waals surface area contributed by atoms with E-state index < -0.39 is 0 Å². The van der Waals surface area contributed by atoms with E-state index in [0.29, 0.717) is 12.0 Å². The lowest BCUT2D eigenvalue weighted by Gasteiger charge is -2.21. The fraction of sp³-hybridized carbons (Fsp3) is 0.364. The van der Waals surface area contributed by atoms with E-state index in [2.05, 4.69) is 6.58 Å². The quantitative estimate of drug-likeness (QED) is 0.495. The zero-order valence-corrected chi connectivity index (χ0v) is 8.00. The monoisotopic (exact) mass is 178 g/mol. The Morgan fingerprint density at radius 3 is 2.85 bits per heavy atom. The molecule has 0 saturated heterocycles. The summed E-state index contributed by atoms with van der Waals surface area (Å²) in [4.78, 5) is 11.4. The number of rotatable bonds is 1. The number of aliphatic hydroxyl groups is 1. The SMILES string of the molecule is C=C(C)C1CC(=O)C(C)=C/C1=C\O. The molecule has 0 fully saturated rings. The first-order chi connectivity index (χ1) is 6.06. The van der Waals surface area contributed by atoms with Gasteiger partial charge < -0.3 is 5.11 Å². The van der Waals surface area contributed by atoms with Crippen LogP contribution in [0.5, 0.6) is 0 Å². The molecule has 0 spiro atoms. The van der Waals surface area contributed by atoms with E-state index in [1.807, 2.05) is 6.92 Å². The number of hydrogen-bond acceptors (Lipinski definition) is 2. The Morgan fingerprint density at radius 2 is 2.38 bits per heavy atom. The van der Waals surface area contributed by atoms with Crippen molar-refractivity contribution in [3.63, 3.8) is 0 Å². The van der Waals surface area contributed by atoms with Gasteiger partial charge >= 0.3 is 0 Å². The number of carbonyl (C=O) groups is 1. The highest BCUT2D eigenvalue weighted by Crippen LogP contribution is 2.30. The van der Waals surface area contributed by atoms with Crippen LogP contribution in [0.2, 0.25) is 0 Å². The van der Waals surface area contributed by atoms with E-state index >= 15 is 0 Å². The van der Waals surface area contributed by atoms with E-state index in [9.17, 15) is 4.79 Å². The summed E-state index contributed by atoms with van der Waals surface area (Å²) < 4.78 is 0. The first kappa shape index (κ1) is 9.78. The molecule has 2 nitrogen and oxygen atoms in total. The van der Waals surface area contributed by atoms with Crippen molar-refractivity contribution in [3.8, 4) is 0 Å². The van der Waals surface area contributed by atoms with E-state index in [1.165, 1.54) is 0 Å². The minimum Gasteiger partial charge on any atom is -0.515 e. The highest BCUT2D eigenvalue weighted by Gasteiger charge is 2.23. The van der Waals surface area contributed by atoms with Crippen molar-refractivity contribution >= 4 is 5.78 Å². The van der Waals surface area contributed by atoms with Crippen LogP contribution in [0.15, 0.2) is 35.6 Å². The molecule has 1 aliphatic carbocycles. The fourth-order valence-corrected chi connectivity index (χ4v) is 1.48. The van der Waals surface area contributed by atoms with E-state index in [0.717, 1.165) is 17.4 Å². The summed E-state index contributed by atoms with van der Waals surface area (Å²) in [6.45, 7) is 7.44. The van der Waals surface area contributed by atoms with Crippen LogP contribution >= 0.6 is 0 Å². The van der Waals surface area contributed by atoms with Crippen LogP contribution in [0, 0.1) is 5.92 Å². The maximum atomic E-state index is 11.4. The van der Waals surface area contributed by atoms with Gasteiger partial charge in [0.1, 0.15) is 0 Å². The molecule has 2 heteroatoms. The summed E-state index contributed by atoms with van der Waals surface area (Å²) >= 11 is 0. The normalized spacial score (nSPS) is 26.0. The first-order valence-corrected chi connectivity index (χ1v) is 4.27. The van der Waals surface area contributed by atoms with Crippen molar-refractivity contribution in [2.45, 2.75) is 20.3 Å². The highest BCUT2D eigenvalue weighted by atomic mass is 16.2. The first-order valence-electron chi connectivity index (χ1n) is 4.27. The molecular weight excluding hydrogens is 164 g/mol. The van der Waals surface area contributed by atoms with Crippen molar-refractivity contribution in [3.05, 3.63) is 35.6 Å². The fourth-order valence-electron chi connectivity index (χ4n) is 1.48. The van der Waals surface area contributed by atoms with Crippen LogP contribution in [0.25, 0.3) is 0 Å². The van der Waals surface area contributed by atoms with Crippen LogP contribution in [0.3, 0.4) is 0 Å². The lowest BCUT2D eigenvalue weighted by atomic mass is 9.82. The zero-order chi connectivity index (χ0) is 10.0. The van der Waals surface area contributed by atoms with Crippen molar-refractivity contribution in [2.75, 3.05) is 0 Å². The maximum absolute atomic E-state index is 11.4. The third-order valence-electron chi connectivity index (χ3n) is 2.36. The Bertz CT molecular complexity index is 308. The molecule has 1 atom stereocenters. The molecule has 1 rings (SSSR count). The number of aliphatic hydroxyl groups excluding tert-OH is 1. The van der Waals surface area contributed by atoms with E-state index in [4.69, 9.17) is 5.11 Å². The van der Waals surface area contributed by atoms with Gasteiger partial charge in [0.15, 0.2) is 5.78 Å². The molecule has 1 unspecified atom stereocenters. The van der Waals surface area contributed by atoms with Crippen LogP contribution < -0.4 is 0 Å². The number of allylic oxidation sites excluding steroid dienone is 4. The van der Waals surface area contributed by atoms with Crippen LogP contribution in [-0.4, -0.2) is 10.9 Å². The van der Waals surface area contributed by atoms with Gasteiger partial charge in [-0.05, 0) is 31.1 Å². The molecule has 0 radical (unpaired) electrons. The molecule has 1 N–H and O–H groups in total. The van der Waals surface area contributed by atoms with Crippen molar-refractivity contribution in [1.82, 2.24) is 0 Å². The molecule has 0 aromatic rings.